The highest BCUT2D eigenvalue weighted by Crippen LogP contribution is 2.23. The van der Waals surface area contributed by atoms with E-state index in [1.165, 1.54) is 43.7 Å². The Bertz CT molecular complexity index is 999. The molecule has 2 aromatic carbocycles. The number of ether oxygens (including phenoxy) is 1. The lowest BCUT2D eigenvalue weighted by molar-refractivity contribution is 0.0947. The molecular formula is C22H29N3O4S. The number of likely N-dealkylation sites (tertiary alicyclic amines) is 1. The molecule has 1 aliphatic heterocycles. The molecular weight excluding hydrogens is 402 g/mol. The molecule has 3 rings (SSSR count). The van der Waals surface area contributed by atoms with Crippen LogP contribution < -0.4 is 15.2 Å². The van der Waals surface area contributed by atoms with Crippen LogP contribution in [0.4, 0.5) is 0 Å². The van der Waals surface area contributed by atoms with Crippen LogP contribution in [-0.4, -0.2) is 39.4 Å². The van der Waals surface area contributed by atoms with Crippen LogP contribution in [0.15, 0.2) is 47.4 Å². The minimum absolute atomic E-state index is 0.131. The predicted octanol–water partition coefficient (Wildman–Crippen LogP) is 2.50. The highest BCUT2D eigenvalue weighted by atomic mass is 32.2. The van der Waals surface area contributed by atoms with E-state index in [1.807, 2.05) is 18.2 Å². The van der Waals surface area contributed by atoms with Gasteiger partial charge in [-0.3, -0.25) is 9.69 Å². The van der Waals surface area contributed by atoms with Gasteiger partial charge in [-0.1, -0.05) is 31.2 Å². The molecule has 1 saturated heterocycles. The number of hydrogen-bond donors (Lipinski definition) is 2. The summed E-state index contributed by atoms with van der Waals surface area (Å²) in [7, 11) is -2.49. The smallest absolute Gasteiger partial charge is 0.255 e. The number of nitrogens with zero attached hydrogens (tertiary/aromatic N) is 1. The minimum atomic E-state index is -3.92. The van der Waals surface area contributed by atoms with Crippen molar-refractivity contribution in [3.63, 3.8) is 0 Å². The minimum Gasteiger partial charge on any atom is -0.496 e. The molecule has 0 unspecified atom stereocenters. The van der Waals surface area contributed by atoms with E-state index in [9.17, 15) is 13.2 Å². The first-order chi connectivity index (χ1) is 14.3. The molecule has 1 fully saturated rings. The maximum atomic E-state index is 12.8. The van der Waals surface area contributed by atoms with Gasteiger partial charge in [-0.25, -0.2) is 13.6 Å². The Kier molecular flexibility index (Phi) is 7.12. The topological polar surface area (TPSA) is 102 Å². The number of nitrogens with two attached hydrogens (primary N) is 1. The van der Waals surface area contributed by atoms with E-state index in [4.69, 9.17) is 9.88 Å². The molecule has 3 N–H and O–H groups in total. The molecule has 162 valence electrons. The molecule has 0 bridgehead atoms. The predicted molar refractivity (Wildman–Crippen MR) is 116 cm³/mol. The normalized spacial score (nSPS) is 15.7. The van der Waals surface area contributed by atoms with Crippen LogP contribution in [0.3, 0.4) is 0 Å². The molecule has 0 spiro atoms. The van der Waals surface area contributed by atoms with Crippen LogP contribution in [0, 0.1) is 5.92 Å². The lowest BCUT2D eigenvalue weighted by atomic mass is 9.98. The fourth-order valence-corrected chi connectivity index (χ4v) is 4.20. The molecule has 1 amide bonds. The van der Waals surface area contributed by atoms with Crippen LogP contribution in [-0.2, 0) is 23.1 Å². The quantitative estimate of drug-likeness (QED) is 0.701. The van der Waals surface area contributed by atoms with Gasteiger partial charge in [0.1, 0.15) is 5.75 Å². The van der Waals surface area contributed by atoms with E-state index in [0.29, 0.717) is 6.54 Å². The van der Waals surface area contributed by atoms with Crippen molar-refractivity contribution in [2.24, 2.45) is 11.1 Å². The first kappa shape index (κ1) is 22.3. The Hall–Kier alpha value is -2.42. The summed E-state index contributed by atoms with van der Waals surface area (Å²) in [5.74, 6) is 0.647. The zero-order chi connectivity index (χ0) is 21.7. The molecule has 0 radical (unpaired) electrons. The van der Waals surface area contributed by atoms with E-state index in [-0.39, 0.29) is 16.2 Å². The second-order valence-corrected chi connectivity index (χ2v) is 9.38. The van der Waals surface area contributed by atoms with E-state index < -0.39 is 15.9 Å². The molecule has 1 aliphatic rings. The van der Waals surface area contributed by atoms with Gasteiger partial charge < -0.3 is 10.1 Å². The van der Waals surface area contributed by atoms with Crippen molar-refractivity contribution in [2.75, 3.05) is 20.2 Å². The van der Waals surface area contributed by atoms with Gasteiger partial charge in [-0.2, -0.15) is 0 Å². The van der Waals surface area contributed by atoms with Gasteiger partial charge in [-0.05, 0) is 61.2 Å². The number of carbonyl (C=O) groups is 1. The number of amides is 1. The van der Waals surface area contributed by atoms with Gasteiger partial charge in [0.05, 0.1) is 17.6 Å². The second kappa shape index (κ2) is 9.59. The number of rotatable bonds is 7. The number of piperidine rings is 1. The van der Waals surface area contributed by atoms with Gasteiger partial charge in [0.15, 0.2) is 0 Å². The Morgan fingerprint density at radius 3 is 2.47 bits per heavy atom. The summed E-state index contributed by atoms with van der Waals surface area (Å²) in [5, 5.41) is 8.07. The average molecular weight is 432 g/mol. The summed E-state index contributed by atoms with van der Waals surface area (Å²) < 4.78 is 28.5. The van der Waals surface area contributed by atoms with Crippen molar-refractivity contribution in [2.45, 2.75) is 37.8 Å². The number of primary sulfonamides is 1. The van der Waals surface area contributed by atoms with Crippen LogP contribution in [0.25, 0.3) is 0 Å². The first-order valence-electron chi connectivity index (χ1n) is 10.1. The van der Waals surface area contributed by atoms with Gasteiger partial charge in [0.25, 0.3) is 5.91 Å². The zero-order valence-electron chi connectivity index (χ0n) is 17.4. The van der Waals surface area contributed by atoms with E-state index in [2.05, 4.69) is 23.2 Å². The standard InChI is InChI=1S/C22H29N3O4S/c1-16-9-11-25(12-10-16)15-18-6-4-3-5-17(18)14-24-22(26)20-13-19(30(23,27)28)7-8-21(20)29-2/h3-8,13,16H,9-12,14-15H2,1-2H3,(H,24,26)(H2,23,27,28). The molecule has 2 aromatic rings. The van der Waals surface area contributed by atoms with Crippen molar-refractivity contribution in [3.8, 4) is 5.75 Å². The number of carbonyl (C=O) groups excluding carboxylic acids is 1. The highest BCUT2D eigenvalue weighted by Gasteiger charge is 2.19. The lowest BCUT2D eigenvalue weighted by Crippen LogP contribution is -2.33. The number of sulfonamides is 1. The van der Waals surface area contributed by atoms with Crippen LogP contribution in [0.1, 0.15) is 41.3 Å². The van der Waals surface area contributed by atoms with Crippen LogP contribution in [0.2, 0.25) is 0 Å². The van der Waals surface area contributed by atoms with E-state index in [0.717, 1.165) is 31.1 Å². The average Bonchev–Trinajstić information content (AvgIpc) is 2.73. The first-order valence-corrected chi connectivity index (χ1v) is 11.6. The zero-order valence-corrected chi connectivity index (χ0v) is 18.2. The Morgan fingerprint density at radius 2 is 1.83 bits per heavy atom. The maximum absolute atomic E-state index is 12.8. The van der Waals surface area contributed by atoms with Gasteiger partial charge in [0.2, 0.25) is 10.0 Å². The summed E-state index contributed by atoms with van der Waals surface area (Å²) >= 11 is 0. The number of nitrogens with one attached hydrogen (secondary N) is 1. The third kappa shape index (κ3) is 5.59. The van der Waals surface area contributed by atoms with E-state index in [1.54, 1.807) is 0 Å². The molecule has 0 atom stereocenters. The SMILES string of the molecule is COc1ccc(S(N)(=O)=O)cc1C(=O)NCc1ccccc1CN1CCC(C)CC1. The molecule has 8 heteroatoms. The van der Waals surface area contributed by atoms with Gasteiger partial charge in [-0.15, -0.1) is 0 Å². The molecule has 7 nitrogen and oxygen atoms in total. The molecule has 0 aliphatic carbocycles. The Labute approximate surface area is 178 Å². The van der Waals surface area contributed by atoms with Crippen molar-refractivity contribution in [1.82, 2.24) is 10.2 Å². The third-order valence-electron chi connectivity index (χ3n) is 5.57. The van der Waals surface area contributed by atoms with Crippen molar-refractivity contribution < 1.29 is 17.9 Å². The lowest BCUT2D eigenvalue weighted by Gasteiger charge is -2.30. The van der Waals surface area contributed by atoms with Crippen molar-refractivity contribution >= 4 is 15.9 Å². The van der Waals surface area contributed by atoms with Crippen molar-refractivity contribution in [3.05, 3.63) is 59.2 Å². The Morgan fingerprint density at radius 1 is 1.17 bits per heavy atom. The maximum Gasteiger partial charge on any atom is 0.255 e. The number of methoxy groups -OCH3 is 1. The Balaban J connectivity index is 1.72. The summed E-state index contributed by atoms with van der Waals surface area (Å²) in [4.78, 5) is 15.1. The summed E-state index contributed by atoms with van der Waals surface area (Å²) in [6.45, 7) is 5.64. The fourth-order valence-electron chi connectivity index (χ4n) is 3.66. The van der Waals surface area contributed by atoms with Crippen LogP contribution >= 0.6 is 0 Å². The highest BCUT2D eigenvalue weighted by molar-refractivity contribution is 7.89. The second-order valence-electron chi connectivity index (χ2n) is 7.82. The fraction of sp³-hybridized carbons (Fsp3) is 0.409. The molecule has 0 saturated carbocycles. The van der Waals surface area contributed by atoms with E-state index >= 15 is 0 Å². The van der Waals surface area contributed by atoms with Crippen LogP contribution in [0.5, 0.6) is 5.75 Å². The van der Waals surface area contributed by atoms with Crippen molar-refractivity contribution in [1.29, 1.82) is 0 Å². The largest absolute Gasteiger partial charge is 0.496 e. The third-order valence-corrected chi connectivity index (χ3v) is 6.48. The van der Waals surface area contributed by atoms with Gasteiger partial charge in [0, 0.05) is 13.1 Å². The summed E-state index contributed by atoms with van der Waals surface area (Å²) in [6.07, 6.45) is 2.41. The number of hydrogen-bond acceptors (Lipinski definition) is 5. The molecule has 1 heterocycles. The number of benzene rings is 2. The molecule has 30 heavy (non-hydrogen) atoms. The summed E-state index contributed by atoms with van der Waals surface area (Å²) in [5.41, 5.74) is 2.34. The monoisotopic (exact) mass is 431 g/mol. The molecule has 0 aromatic heterocycles. The summed E-state index contributed by atoms with van der Waals surface area (Å²) in [6, 6.07) is 12.0. The van der Waals surface area contributed by atoms with Gasteiger partial charge >= 0.3 is 0 Å².